The molecule has 8 aromatic carbocycles. The van der Waals surface area contributed by atoms with E-state index in [4.69, 9.17) is 28.4 Å². The molecule has 6 heteroatoms. The molecule has 328 valence electrons. The molecule has 0 atom stereocenters. The Labute approximate surface area is 387 Å². The topological polar surface area (TPSA) is 55.4 Å². The summed E-state index contributed by atoms with van der Waals surface area (Å²) in [6.45, 7) is 1.58. The minimum absolute atomic E-state index is 0.395. The van der Waals surface area contributed by atoms with Crippen LogP contribution in [-0.2, 0) is 65.0 Å². The molecular formula is C60H52O6. The molecule has 0 unspecified atom stereocenters. The maximum absolute atomic E-state index is 7.04. The van der Waals surface area contributed by atoms with Crippen molar-refractivity contribution in [2.75, 3.05) is 14.2 Å². The van der Waals surface area contributed by atoms with Gasteiger partial charge in [0.25, 0.3) is 0 Å². The second kappa shape index (κ2) is 18.2. The van der Waals surface area contributed by atoms with Crippen LogP contribution in [0.1, 0.15) is 89.0 Å². The van der Waals surface area contributed by atoms with Crippen LogP contribution in [0.15, 0.2) is 158 Å². The Balaban J connectivity index is 1.19. The third-order valence-corrected chi connectivity index (χ3v) is 13.3. The Kier molecular flexibility index (Phi) is 11.4. The maximum Gasteiger partial charge on any atom is 0.126 e. The first kappa shape index (κ1) is 41.3. The van der Waals surface area contributed by atoms with E-state index in [0.29, 0.717) is 65.0 Å². The van der Waals surface area contributed by atoms with E-state index < -0.39 is 0 Å². The SMILES string of the molecule is COc1c2cccc1Cc1cccc3c1OCc1cccc(c1)COc1c(cccc1Cc1cccc4c1OCc1cccc(c1)COc1c(cccc1C3)Cc1cccc(c1OC)C4)C2. The summed E-state index contributed by atoms with van der Waals surface area (Å²) in [4.78, 5) is 0. The van der Waals surface area contributed by atoms with Gasteiger partial charge in [0.1, 0.15) is 60.9 Å². The fourth-order valence-electron chi connectivity index (χ4n) is 10.2. The quantitative estimate of drug-likeness (QED) is 0.173. The zero-order chi connectivity index (χ0) is 44.4. The van der Waals surface area contributed by atoms with E-state index in [9.17, 15) is 0 Å². The lowest BCUT2D eigenvalue weighted by molar-refractivity contribution is 0.290. The maximum atomic E-state index is 7.04. The number of benzene rings is 8. The van der Waals surface area contributed by atoms with Gasteiger partial charge in [0.15, 0.2) is 0 Å². The number of methoxy groups -OCH3 is 2. The molecule has 0 amide bonds. The molecule has 6 nitrogen and oxygen atoms in total. The molecule has 8 aromatic rings. The number of hydrogen-bond acceptors (Lipinski definition) is 6. The summed E-state index contributed by atoms with van der Waals surface area (Å²) in [6, 6.07) is 56.4. The van der Waals surface area contributed by atoms with Crippen LogP contribution in [-0.4, -0.2) is 14.2 Å². The van der Waals surface area contributed by atoms with Crippen LogP contribution in [0.5, 0.6) is 34.5 Å². The average Bonchev–Trinajstić information content (AvgIpc) is 3.33. The van der Waals surface area contributed by atoms with E-state index in [1.807, 2.05) is 0 Å². The summed E-state index contributed by atoms with van der Waals surface area (Å²) < 4.78 is 40.8. The van der Waals surface area contributed by atoms with Crippen molar-refractivity contribution in [1.29, 1.82) is 0 Å². The summed E-state index contributed by atoms with van der Waals surface area (Å²) in [7, 11) is 3.56. The Morgan fingerprint density at radius 3 is 0.697 bits per heavy atom. The Hall–Kier alpha value is -7.44. The van der Waals surface area contributed by atoms with Crippen LogP contribution in [0.4, 0.5) is 0 Å². The molecule has 4 aliphatic heterocycles. The molecule has 0 aromatic heterocycles. The summed E-state index contributed by atoms with van der Waals surface area (Å²) in [5.74, 6) is 5.24. The van der Waals surface area contributed by atoms with Crippen LogP contribution >= 0.6 is 0 Å². The molecule has 0 fully saturated rings. The first-order valence-electron chi connectivity index (χ1n) is 23.0. The van der Waals surface area contributed by atoms with Gasteiger partial charge in [0.2, 0.25) is 0 Å². The summed E-state index contributed by atoms with van der Waals surface area (Å²) in [5.41, 5.74) is 17.4. The van der Waals surface area contributed by atoms with Crippen LogP contribution in [0.2, 0.25) is 0 Å². The lowest BCUT2D eigenvalue weighted by Gasteiger charge is -2.23. The summed E-state index contributed by atoms with van der Waals surface area (Å²) in [5, 5.41) is 0. The van der Waals surface area contributed by atoms with Crippen molar-refractivity contribution in [3.63, 3.8) is 0 Å². The highest BCUT2D eigenvalue weighted by molar-refractivity contribution is 5.57. The van der Waals surface area contributed by atoms with E-state index in [-0.39, 0.29) is 0 Å². The molecule has 0 radical (unpaired) electrons. The third kappa shape index (κ3) is 8.35. The standard InChI is InChI=1S/C60H52O6/c1-61-55-43-15-5-16-44(55)30-48-20-8-24-52-34-54-26-10-22-50-32-46-18-6-17-45(56(46)62-2)31-49-21-9-25-53(59(49)65-37-41-13-4-14-42(28-41)38-66-60(50)54)33-51-23-7-19-47(29-43)57(51)63-35-39-11-3-12-40(27-39)36-64-58(48)52/h3-28H,29-38H2,1-2H3. The number of hydrogen-bond donors (Lipinski definition) is 0. The Morgan fingerprint density at radius 2 is 0.470 bits per heavy atom. The van der Waals surface area contributed by atoms with Gasteiger partial charge in [-0.1, -0.05) is 146 Å². The van der Waals surface area contributed by atoms with Gasteiger partial charge in [-0.15, -0.1) is 0 Å². The third-order valence-electron chi connectivity index (χ3n) is 13.3. The van der Waals surface area contributed by atoms with Crippen LogP contribution in [0, 0.1) is 0 Å². The Bertz CT molecular complexity index is 2700. The minimum Gasteiger partial charge on any atom is -0.496 e. The van der Waals surface area contributed by atoms with Gasteiger partial charge in [0.05, 0.1) is 14.2 Å². The lowest BCUT2D eigenvalue weighted by atomic mass is 9.91. The Morgan fingerprint density at radius 1 is 0.273 bits per heavy atom. The highest BCUT2D eigenvalue weighted by atomic mass is 16.5. The van der Waals surface area contributed by atoms with E-state index in [0.717, 1.165) is 124 Å². The van der Waals surface area contributed by atoms with Crippen LogP contribution in [0.3, 0.4) is 0 Å². The molecule has 0 saturated heterocycles. The number of para-hydroxylation sites is 6. The van der Waals surface area contributed by atoms with Crippen molar-refractivity contribution < 1.29 is 28.4 Å². The predicted molar refractivity (Wildman–Crippen MR) is 259 cm³/mol. The molecular weight excluding hydrogens is 817 g/mol. The van der Waals surface area contributed by atoms with E-state index in [1.54, 1.807) is 14.2 Å². The van der Waals surface area contributed by atoms with Gasteiger partial charge in [0, 0.05) is 38.5 Å². The summed E-state index contributed by atoms with van der Waals surface area (Å²) >= 11 is 0. The molecule has 66 heavy (non-hydrogen) atoms. The number of fused-ring (bicyclic) bond motifs is 4. The van der Waals surface area contributed by atoms with Crippen molar-refractivity contribution in [3.8, 4) is 34.5 Å². The largest absolute Gasteiger partial charge is 0.496 e. The van der Waals surface area contributed by atoms with Gasteiger partial charge in [-0.2, -0.15) is 0 Å². The second-order valence-electron chi connectivity index (χ2n) is 17.7. The highest BCUT2D eigenvalue weighted by Crippen LogP contribution is 2.41. The van der Waals surface area contributed by atoms with Crippen molar-refractivity contribution in [2.24, 2.45) is 0 Å². The van der Waals surface area contributed by atoms with Crippen molar-refractivity contribution >= 4 is 0 Å². The normalized spacial score (nSPS) is 14.1. The molecule has 0 saturated carbocycles. The second-order valence-corrected chi connectivity index (χ2v) is 17.7. The monoisotopic (exact) mass is 868 g/mol. The van der Waals surface area contributed by atoms with E-state index in [2.05, 4.69) is 158 Å². The predicted octanol–water partition coefficient (Wildman–Crippen LogP) is 12.5. The first-order chi connectivity index (χ1) is 32.6. The van der Waals surface area contributed by atoms with Gasteiger partial charge in [-0.3, -0.25) is 0 Å². The average molecular weight is 869 g/mol. The summed E-state index contributed by atoms with van der Waals surface area (Å²) in [6.07, 6.45) is 3.69. The molecule has 4 aliphatic rings. The lowest BCUT2D eigenvalue weighted by Crippen LogP contribution is -2.10. The minimum atomic E-state index is 0.395. The van der Waals surface area contributed by atoms with Gasteiger partial charge >= 0.3 is 0 Å². The van der Waals surface area contributed by atoms with Crippen molar-refractivity contribution in [1.82, 2.24) is 0 Å². The van der Waals surface area contributed by atoms with E-state index in [1.165, 1.54) is 0 Å². The number of rotatable bonds is 2. The zero-order valence-electron chi connectivity index (χ0n) is 37.5. The van der Waals surface area contributed by atoms with Gasteiger partial charge in [-0.25, -0.2) is 0 Å². The van der Waals surface area contributed by atoms with Gasteiger partial charge in [-0.05, 0) is 101 Å². The zero-order valence-corrected chi connectivity index (χ0v) is 37.5. The fourth-order valence-corrected chi connectivity index (χ4v) is 10.2. The smallest absolute Gasteiger partial charge is 0.126 e. The highest BCUT2D eigenvalue weighted by Gasteiger charge is 2.23. The van der Waals surface area contributed by atoms with Crippen molar-refractivity contribution in [3.05, 3.63) is 247 Å². The first-order valence-corrected chi connectivity index (χ1v) is 23.0. The van der Waals surface area contributed by atoms with Crippen LogP contribution < -0.4 is 28.4 Å². The molecule has 4 heterocycles. The molecule has 0 spiro atoms. The fraction of sp³-hybridized carbons (Fsp3) is 0.200. The molecule has 12 rings (SSSR count). The number of ether oxygens (including phenoxy) is 6. The molecule has 0 N–H and O–H groups in total. The van der Waals surface area contributed by atoms with E-state index >= 15 is 0 Å². The van der Waals surface area contributed by atoms with Gasteiger partial charge < -0.3 is 28.4 Å². The molecule has 16 bridgehead atoms. The van der Waals surface area contributed by atoms with Crippen LogP contribution in [0.25, 0.3) is 0 Å². The van der Waals surface area contributed by atoms with Crippen molar-refractivity contribution in [2.45, 2.75) is 65.0 Å². The molecule has 0 aliphatic carbocycles.